The first kappa shape index (κ1) is 26.3. The molecule has 0 bridgehead atoms. The average molecular weight is 508 g/mol. The molecule has 1 fully saturated rings. The van der Waals surface area contributed by atoms with Gasteiger partial charge in [-0.25, -0.2) is 4.79 Å². The molecule has 1 aliphatic rings. The fourth-order valence-corrected chi connectivity index (χ4v) is 4.63. The van der Waals surface area contributed by atoms with Crippen LogP contribution in [0.5, 0.6) is 5.75 Å². The molecule has 0 radical (unpaired) electrons. The highest BCUT2D eigenvalue weighted by Crippen LogP contribution is 2.37. The lowest BCUT2D eigenvalue weighted by atomic mass is 10.0. The number of piperazine rings is 1. The van der Waals surface area contributed by atoms with Gasteiger partial charge in [-0.05, 0) is 43.5 Å². The normalized spacial score (nSPS) is 15.0. The van der Waals surface area contributed by atoms with Crippen LogP contribution in [-0.4, -0.2) is 67.3 Å². The zero-order valence-corrected chi connectivity index (χ0v) is 20.8. The van der Waals surface area contributed by atoms with Gasteiger partial charge in [-0.1, -0.05) is 53.5 Å². The minimum atomic E-state index is -0.925. The fourth-order valence-electron chi connectivity index (χ4n) is 3.99. The molecule has 0 aliphatic carbocycles. The monoisotopic (exact) mass is 507 g/mol. The topological polar surface area (TPSA) is 90.9 Å². The molecule has 3 N–H and O–H groups in total. The molecular formula is C25H31Cl2N3O4. The van der Waals surface area contributed by atoms with Crippen LogP contribution in [0, 0.1) is 0 Å². The number of hydrogen-bond acceptors (Lipinski definition) is 6. The summed E-state index contributed by atoms with van der Waals surface area (Å²) >= 11 is 12.9. The molecule has 0 spiro atoms. The molecule has 0 unspecified atom stereocenters. The summed E-state index contributed by atoms with van der Waals surface area (Å²) in [5.74, 6) is -1.55. The van der Waals surface area contributed by atoms with Crippen molar-refractivity contribution in [3.05, 3.63) is 63.1 Å². The molecule has 1 heterocycles. The summed E-state index contributed by atoms with van der Waals surface area (Å²) in [6.07, 6.45) is 1.65. The van der Waals surface area contributed by atoms with Crippen LogP contribution in [0.4, 0.5) is 0 Å². The van der Waals surface area contributed by atoms with Crippen molar-refractivity contribution in [1.82, 2.24) is 15.5 Å². The van der Waals surface area contributed by atoms with E-state index >= 15 is 0 Å². The first-order chi connectivity index (χ1) is 16.4. The van der Waals surface area contributed by atoms with Crippen LogP contribution in [-0.2, 0) is 22.4 Å². The number of aromatic hydroxyl groups is 1. The van der Waals surface area contributed by atoms with Crippen molar-refractivity contribution >= 4 is 35.1 Å². The summed E-state index contributed by atoms with van der Waals surface area (Å²) in [6.45, 7) is 6.73. The zero-order chi connectivity index (χ0) is 24.5. The number of carbonyl (C=O) groups is 2. The lowest BCUT2D eigenvalue weighted by Crippen LogP contribution is -2.43. The first-order valence-corrected chi connectivity index (χ1v) is 12.3. The number of esters is 1. The minimum absolute atomic E-state index is 0.0636. The van der Waals surface area contributed by atoms with Gasteiger partial charge in [-0.2, -0.15) is 0 Å². The highest BCUT2D eigenvalue weighted by Gasteiger charge is 2.26. The molecular weight excluding hydrogens is 477 g/mol. The maximum Gasteiger partial charge on any atom is 0.328 e. The van der Waals surface area contributed by atoms with Crippen LogP contribution >= 0.6 is 23.2 Å². The van der Waals surface area contributed by atoms with Crippen molar-refractivity contribution in [1.29, 1.82) is 0 Å². The van der Waals surface area contributed by atoms with E-state index in [1.807, 2.05) is 30.3 Å². The van der Waals surface area contributed by atoms with Crippen molar-refractivity contribution in [2.45, 2.75) is 32.2 Å². The van der Waals surface area contributed by atoms with Gasteiger partial charge >= 0.3 is 5.97 Å². The number of phenolic OH excluding ortho intramolecular Hbond substituents is 1. The predicted molar refractivity (Wildman–Crippen MR) is 134 cm³/mol. The molecule has 0 saturated carbocycles. The maximum atomic E-state index is 13.0. The van der Waals surface area contributed by atoms with E-state index in [9.17, 15) is 14.7 Å². The van der Waals surface area contributed by atoms with E-state index in [4.69, 9.17) is 27.9 Å². The summed E-state index contributed by atoms with van der Waals surface area (Å²) in [4.78, 5) is 27.8. The Morgan fingerprint density at radius 1 is 1.21 bits per heavy atom. The van der Waals surface area contributed by atoms with Gasteiger partial charge in [-0.15, -0.1) is 0 Å². The van der Waals surface area contributed by atoms with Gasteiger partial charge in [0.25, 0.3) is 5.91 Å². The van der Waals surface area contributed by atoms with Crippen molar-refractivity contribution in [2.75, 3.05) is 39.3 Å². The number of amides is 1. The number of hydrogen-bond donors (Lipinski definition) is 3. The molecule has 1 aliphatic heterocycles. The van der Waals surface area contributed by atoms with Crippen molar-refractivity contribution in [2.24, 2.45) is 0 Å². The maximum absolute atomic E-state index is 13.0. The Kier molecular flexibility index (Phi) is 10.0. The van der Waals surface area contributed by atoms with Gasteiger partial charge < -0.3 is 25.4 Å². The molecule has 2 aromatic carbocycles. The fraction of sp³-hybridized carbons (Fsp3) is 0.440. The molecule has 1 amide bonds. The van der Waals surface area contributed by atoms with E-state index in [1.165, 1.54) is 6.07 Å². The van der Waals surface area contributed by atoms with E-state index < -0.39 is 17.9 Å². The molecule has 0 aromatic heterocycles. The Hall–Kier alpha value is -2.32. The Bertz CT molecular complexity index is 982. The number of nitrogens with zero attached hydrogens (tertiary/aromatic N) is 1. The second-order valence-electron chi connectivity index (χ2n) is 8.21. The van der Waals surface area contributed by atoms with Gasteiger partial charge in [0.05, 0.1) is 17.2 Å². The van der Waals surface area contributed by atoms with Crippen LogP contribution < -0.4 is 10.6 Å². The quantitative estimate of drug-likeness (QED) is 0.426. The molecule has 3 rings (SSSR count). The van der Waals surface area contributed by atoms with Gasteiger partial charge in [0.1, 0.15) is 11.8 Å². The lowest BCUT2D eigenvalue weighted by molar-refractivity contribution is -0.145. The van der Waals surface area contributed by atoms with E-state index in [1.54, 1.807) is 6.92 Å². The predicted octanol–water partition coefficient (Wildman–Crippen LogP) is 3.44. The Labute approximate surface area is 210 Å². The Balaban J connectivity index is 1.71. The second kappa shape index (κ2) is 13.0. The van der Waals surface area contributed by atoms with Crippen molar-refractivity contribution in [3.63, 3.8) is 0 Å². The molecule has 1 atom stereocenters. The molecule has 7 nitrogen and oxygen atoms in total. The SMILES string of the molecule is CCOC(=O)[C@H](Cc1ccccc1)NC(=O)c1cc(Cl)c(CCCN2CCNCC2)c(Cl)c1O. The summed E-state index contributed by atoms with van der Waals surface area (Å²) in [6, 6.07) is 9.78. The van der Waals surface area contributed by atoms with E-state index in [0.717, 1.165) is 44.7 Å². The van der Waals surface area contributed by atoms with Crippen molar-refractivity contribution < 1.29 is 19.4 Å². The smallest absolute Gasteiger partial charge is 0.328 e. The third kappa shape index (κ3) is 7.09. The first-order valence-electron chi connectivity index (χ1n) is 11.5. The standard InChI is InChI=1S/C25H31Cl2N3O4/c1-2-34-25(33)21(15-17-7-4-3-5-8-17)29-24(32)19-16-20(26)18(22(27)23(19)31)9-6-12-30-13-10-28-11-14-30/h3-5,7-8,16,21,28,31H,2,6,9-15H2,1H3,(H,29,32)/t21-/m0/s1. The highest BCUT2D eigenvalue weighted by atomic mass is 35.5. The molecule has 1 saturated heterocycles. The van der Waals surface area contributed by atoms with Gasteiger partial charge in [0, 0.05) is 37.6 Å². The lowest BCUT2D eigenvalue weighted by Gasteiger charge is -2.27. The molecule has 34 heavy (non-hydrogen) atoms. The Morgan fingerprint density at radius 2 is 1.91 bits per heavy atom. The summed E-state index contributed by atoms with van der Waals surface area (Å²) < 4.78 is 5.13. The zero-order valence-electron chi connectivity index (χ0n) is 19.3. The molecule has 9 heteroatoms. The third-order valence-corrected chi connectivity index (χ3v) is 6.55. The van der Waals surface area contributed by atoms with Crippen LogP contribution in [0.3, 0.4) is 0 Å². The van der Waals surface area contributed by atoms with Crippen LogP contribution in [0.1, 0.15) is 34.8 Å². The van der Waals surface area contributed by atoms with Crippen LogP contribution in [0.25, 0.3) is 0 Å². The van der Waals surface area contributed by atoms with Crippen molar-refractivity contribution in [3.8, 4) is 5.75 Å². The third-order valence-electron chi connectivity index (χ3n) is 5.80. The van der Waals surface area contributed by atoms with Gasteiger partial charge in [0.2, 0.25) is 0 Å². The number of benzene rings is 2. The van der Waals surface area contributed by atoms with Crippen LogP contribution in [0.15, 0.2) is 36.4 Å². The number of halogens is 2. The molecule has 2 aromatic rings. The minimum Gasteiger partial charge on any atom is -0.506 e. The number of carbonyl (C=O) groups excluding carboxylic acids is 2. The van der Waals surface area contributed by atoms with Gasteiger partial charge in [0.15, 0.2) is 0 Å². The Morgan fingerprint density at radius 3 is 2.59 bits per heavy atom. The molecule has 184 valence electrons. The van der Waals surface area contributed by atoms with Gasteiger partial charge in [-0.3, -0.25) is 4.79 Å². The number of phenols is 1. The average Bonchev–Trinajstić information content (AvgIpc) is 2.84. The van der Waals surface area contributed by atoms with E-state index in [-0.39, 0.29) is 29.4 Å². The number of nitrogens with one attached hydrogen (secondary N) is 2. The van der Waals surface area contributed by atoms with Crippen LogP contribution in [0.2, 0.25) is 10.0 Å². The second-order valence-corrected chi connectivity index (χ2v) is 9.00. The largest absolute Gasteiger partial charge is 0.506 e. The summed E-state index contributed by atoms with van der Waals surface area (Å²) in [7, 11) is 0. The number of ether oxygens (including phenoxy) is 1. The summed E-state index contributed by atoms with van der Waals surface area (Å²) in [5.41, 5.74) is 1.39. The summed E-state index contributed by atoms with van der Waals surface area (Å²) in [5, 5.41) is 17.0. The van der Waals surface area contributed by atoms with E-state index in [0.29, 0.717) is 17.0 Å². The van der Waals surface area contributed by atoms with E-state index in [2.05, 4.69) is 15.5 Å². The number of rotatable bonds is 10. The highest BCUT2D eigenvalue weighted by molar-refractivity contribution is 6.37.